The van der Waals surface area contributed by atoms with Crippen LogP contribution < -0.4 is 24.8 Å². The molecule has 2 aromatic rings. The van der Waals surface area contributed by atoms with Crippen molar-refractivity contribution < 1.29 is 23.7 Å². The fourth-order valence-electron chi connectivity index (χ4n) is 2.88. The Morgan fingerprint density at radius 2 is 1.90 bits per heavy atom. The standard InChI is InChI=1S/C21H25N3O5/c1-22-21(24-15-6-8-18-19(12-15)29-10-4-9-28-18)23-13-14-5-7-17(26-2)16(11-14)20(25)27-3/h5-8,11-12H,4,9-10,13H2,1-3H3,(H2,22,23,24). The van der Waals surface area contributed by atoms with E-state index in [1.807, 2.05) is 24.3 Å². The first-order valence-corrected chi connectivity index (χ1v) is 9.27. The quantitative estimate of drug-likeness (QED) is 0.454. The van der Waals surface area contributed by atoms with Crippen molar-refractivity contribution >= 4 is 17.6 Å². The van der Waals surface area contributed by atoms with E-state index in [0.717, 1.165) is 23.4 Å². The average molecular weight is 399 g/mol. The van der Waals surface area contributed by atoms with Gasteiger partial charge in [-0.05, 0) is 29.8 Å². The number of nitrogens with one attached hydrogen (secondary N) is 2. The third-order valence-electron chi connectivity index (χ3n) is 4.36. The summed E-state index contributed by atoms with van der Waals surface area (Å²) in [6.45, 7) is 1.74. The van der Waals surface area contributed by atoms with E-state index in [-0.39, 0.29) is 0 Å². The molecule has 0 bridgehead atoms. The minimum atomic E-state index is -0.446. The summed E-state index contributed by atoms with van der Waals surface area (Å²) in [6.07, 6.45) is 0.857. The lowest BCUT2D eigenvalue weighted by Gasteiger charge is -2.15. The molecule has 1 aliphatic rings. The van der Waals surface area contributed by atoms with Crippen molar-refractivity contribution in [2.75, 3.05) is 39.8 Å². The van der Waals surface area contributed by atoms with Crippen LogP contribution in [0.15, 0.2) is 41.4 Å². The summed E-state index contributed by atoms with van der Waals surface area (Å²) in [7, 11) is 4.54. The molecule has 2 N–H and O–H groups in total. The molecule has 0 saturated heterocycles. The molecular weight excluding hydrogens is 374 g/mol. The van der Waals surface area contributed by atoms with Gasteiger partial charge in [0.25, 0.3) is 0 Å². The number of carbonyl (C=O) groups excluding carboxylic acids is 1. The number of ether oxygens (including phenoxy) is 4. The van der Waals surface area contributed by atoms with E-state index in [2.05, 4.69) is 15.6 Å². The number of hydrogen-bond acceptors (Lipinski definition) is 6. The van der Waals surface area contributed by atoms with Crippen LogP contribution in [-0.2, 0) is 11.3 Å². The Morgan fingerprint density at radius 3 is 2.62 bits per heavy atom. The Balaban J connectivity index is 1.67. The predicted octanol–water partition coefficient (Wildman–Crippen LogP) is 2.83. The van der Waals surface area contributed by atoms with Crippen molar-refractivity contribution in [2.45, 2.75) is 13.0 Å². The molecule has 0 saturated carbocycles. The summed E-state index contributed by atoms with van der Waals surface area (Å²) in [6, 6.07) is 11.0. The van der Waals surface area contributed by atoms with E-state index >= 15 is 0 Å². The van der Waals surface area contributed by atoms with Gasteiger partial charge in [0.1, 0.15) is 11.3 Å². The number of benzene rings is 2. The number of carbonyl (C=O) groups is 1. The molecule has 3 rings (SSSR count). The highest BCUT2D eigenvalue weighted by atomic mass is 16.5. The Hall–Kier alpha value is -3.42. The van der Waals surface area contributed by atoms with Crippen LogP contribution in [0.3, 0.4) is 0 Å². The third-order valence-corrected chi connectivity index (χ3v) is 4.36. The number of nitrogens with zero attached hydrogens (tertiary/aromatic N) is 1. The summed E-state index contributed by atoms with van der Waals surface area (Å²) < 4.78 is 21.4. The van der Waals surface area contributed by atoms with Gasteiger partial charge in [-0.1, -0.05) is 6.07 Å². The highest BCUT2D eigenvalue weighted by molar-refractivity contribution is 5.94. The largest absolute Gasteiger partial charge is 0.496 e. The van der Waals surface area contributed by atoms with Crippen LogP contribution >= 0.6 is 0 Å². The average Bonchev–Trinajstić information content (AvgIpc) is 3.00. The van der Waals surface area contributed by atoms with Gasteiger partial charge in [-0.3, -0.25) is 4.99 Å². The Bertz CT molecular complexity index is 898. The minimum Gasteiger partial charge on any atom is -0.496 e. The first kappa shape index (κ1) is 20.3. The number of hydrogen-bond donors (Lipinski definition) is 2. The molecule has 1 aliphatic heterocycles. The highest BCUT2D eigenvalue weighted by Crippen LogP contribution is 2.32. The lowest BCUT2D eigenvalue weighted by atomic mass is 10.1. The van der Waals surface area contributed by atoms with Crippen LogP contribution in [0.25, 0.3) is 0 Å². The molecule has 0 aliphatic carbocycles. The van der Waals surface area contributed by atoms with E-state index in [4.69, 9.17) is 18.9 Å². The number of aliphatic imine (C=N–C) groups is 1. The zero-order chi connectivity index (χ0) is 20.6. The number of anilines is 1. The van der Waals surface area contributed by atoms with Crippen LogP contribution in [0.1, 0.15) is 22.3 Å². The van der Waals surface area contributed by atoms with Crippen molar-refractivity contribution in [3.63, 3.8) is 0 Å². The van der Waals surface area contributed by atoms with Crippen LogP contribution in [0.2, 0.25) is 0 Å². The summed E-state index contributed by atoms with van der Waals surface area (Å²) in [5.41, 5.74) is 2.08. The predicted molar refractivity (Wildman–Crippen MR) is 110 cm³/mol. The lowest BCUT2D eigenvalue weighted by Crippen LogP contribution is -2.30. The zero-order valence-corrected chi connectivity index (χ0v) is 16.8. The maximum absolute atomic E-state index is 11.9. The number of methoxy groups -OCH3 is 2. The van der Waals surface area contributed by atoms with Crippen LogP contribution in [0.4, 0.5) is 5.69 Å². The second-order valence-corrected chi connectivity index (χ2v) is 6.29. The maximum Gasteiger partial charge on any atom is 0.341 e. The smallest absolute Gasteiger partial charge is 0.341 e. The molecule has 8 heteroatoms. The van der Waals surface area contributed by atoms with Crippen molar-refractivity contribution in [2.24, 2.45) is 4.99 Å². The first-order valence-electron chi connectivity index (χ1n) is 9.27. The van der Waals surface area contributed by atoms with Crippen LogP contribution in [-0.4, -0.2) is 46.4 Å². The van der Waals surface area contributed by atoms with Gasteiger partial charge in [-0.25, -0.2) is 4.79 Å². The van der Waals surface area contributed by atoms with Crippen molar-refractivity contribution in [3.8, 4) is 17.2 Å². The summed E-state index contributed by atoms with van der Waals surface area (Å²) in [5.74, 6) is 2.05. The fraction of sp³-hybridized carbons (Fsp3) is 0.333. The van der Waals surface area contributed by atoms with E-state index < -0.39 is 5.97 Å². The number of rotatable bonds is 5. The van der Waals surface area contributed by atoms with Gasteiger partial charge in [0.05, 0.1) is 27.4 Å². The summed E-state index contributed by atoms with van der Waals surface area (Å²) in [5, 5.41) is 6.45. The molecule has 0 unspecified atom stereocenters. The van der Waals surface area contributed by atoms with Crippen molar-refractivity contribution in [1.29, 1.82) is 0 Å². The highest BCUT2D eigenvalue weighted by Gasteiger charge is 2.14. The summed E-state index contributed by atoms with van der Waals surface area (Å²) >= 11 is 0. The van der Waals surface area contributed by atoms with E-state index in [1.165, 1.54) is 14.2 Å². The molecule has 8 nitrogen and oxygen atoms in total. The first-order chi connectivity index (χ1) is 14.1. The van der Waals surface area contributed by atoms with Gasteiger partial charge in [0.15, 0.2) is 17.5 Å². The Kier molecular flexibility index (Phi) is 6.78. The Labute approximate surface area is 169 Å². The molecule has 0 atom stereocenters. The second-order valence-electron chi connectivity index (χ2n) is 6.29. The van der Waals surface area contributed by atoms with Crippen LogP contribution in [0.5, 0.6) is 17.2 Å². The van der Waals surface area contributed by atoms with Gasteiger partial charge in [-0.2, -0.15) is 0 Å². The molecule has 29 heavy (non-hydrogen) atoms. The molecule has 0 aromatic heterocycles. The van der Waals surface area contributed by atoms with Gasteiger partial charge in [0, 0.05) is 31.8 Å². The lowest BCUT2D eigenvalue weighted by molar-refractivity contribution is 0.0597. The van der Waals surface area contributed by atoms with E-state index in [1.54, 1.807) is 19.2 Å². The number of fused-ring (bicyclic) bond motifs is 1. The van der Waals surface area contributed by atoms with Gasteiger partial charge in [0.2, 0.25) is 0 Å². The van der Waals surface area contributed by atoms with Crippen LogP contribution in [0, 0.1) is 0 Å². The molecule has 2 aromatic carbocycles. The Morgan fingerprint density at radius 1 is 1.10 bits per heavy atom. The number of guanidine groups is 1. The topological polar surface area (TPSA) is 90.4 Å². The monoisotopic (exact) mass is 399 g/mol. The third kappa shape index (κ3) is 5.10. The van der Waals surface area contributed by atoms with Crippen molar-refractivity contribution in [3.05, 3.63) is 47.5 Å². The molecule has 0 amide bonds. The zero-order valence-electron chi connectivity index (χ0n) is 16.8. The second kappa shape index (κ2) is 9.68. The molecule has 0 radical (unpaired) electrons. The maximum atomic E-state index is 11.9. The molecule has 0 spiro atoms. The molecule has 0 fully saturated rings. The van der Waals surface area contributed by atoms with Crippen molar-refractivity contribution in [1.82, 2.24) is 5.32 Å². The molecule has 1 heterocycles. The van der Waals surface area contributed by atoms with Gasteiger partial charge < -0.3 is 29.6 Å². The SMILES string of the molecule is CN=C(NCc1ccc(OC)c(C(=O)OC)c1)Nc1ccc2c(c1)OCCCO2. The van der Waals surface area contributed by atoms with Gasteiger partial charge >= 0.3 is 5.97 Å². The normalized spacial score (nSPS) is 13.3. The van der Waals surface area contributed by atoms with Gasteiger partial charge in [-0.15, -0.1) is 0 Å². The summed E-state index contributed by atoms with van der Waals surface area (Å²) in [4.78, 5) is 16.2. The molecule has 154 valence electrons. The minimum absolute atomic E-state index is 0.375. The fourth-order valence-corrected chi connectivity index (χ4v) is 2.88. The number of esters is 1. The van der Waals surface area contributed by atoms with E-state index in [0.29, 0.717) is 42.8 Å². The molecular formula is C21H25N3O5. The van der Waals surface area contributed by atoms with E-state index in [9.17, 15) is 4.79 Å².